The second-order valence-corrected chi connectivity index (χ2v) is 8.87. The van der Waals surface area contributed by atoms with E-state index in [2.05, 4.69) is 5.32 Å². The van der Waals surface area contributed by atoms with E-state index in [4.69, 9.17) is 19.3 Å². The van der Waals surface area contributed by atoms with Gasteiger partial charge in [-0.15, -0.1) is 0 Å². The van der Waals surface area contributed by atoms with E-state index in [-0.39, 0.29) is 23.9 Å². The van der Waals surface area contributed by atoms with Gasteiger partial charge in [0, 0.05) is 17.4 Å². The first kappa shape index (κ1) is 23.7. The molecule has 0 aromatic heterocycles. The molecule has 2 N–H and O–H groups in total. The standard InChI is InChI=1S/C18H35NO6/c1-16(2,3)25-15(22)19-10-17(4,5)11-24-13-18(6,7)12-23-9-8-14(20)21/h8-13H2,1-7H3,(H,19,22)(H,20,21). The number of carbonyl (C=O) groups is 2. The topological polar surface area (TPSA) is 94.1 Å². The normalized spacial score (nSPS) is 12.8. The van der Waals surface area contributed by atoms with Gasteiger partial charge in [-0.2, -0.15) is 0 Å². The third kappa shape index (κ3) is 14.7. The molecule has 0 heterocycles. The molecule has 0 aliphatic carbocycles. The number of aliphatic carboxylic acids is 1. The number of carboxylic acids is 1. The van der Waals surface area contributed by atoms with Crippen molar-refractivity contribution in [1.29, 1.82) is 0 Å². The molecule has 0 radical (unpaired) electrons. The lowest BCUT2D eigenvalue weighted by atomic mass is 9.93. The average Bonchev–Trinajstić information content (AvgIpc) is 2.39. The van der Waals surface area contributed by atoms with Crippen LogP contribution in [0.2, 0.25) is 0 Å². The third-order valence-corrected chi connectivity index (χ3v) is 3.05. The lowest BCUT2D eigenvalue weighted by Crippen LogP contribution is -2.40. The van der Waals surface area contributed by atoms with Gasteiger partial charge in [-0.05, 0) is 20.8 Å². The van der Waals surface area contributed by atoms with Crippen molar-refractivity contribution in [3.63, 3.8) is 0 Å². The van der Waals surface area contributed by atoms with Crippen molar-refractivity contribution in [3.05, 3.63) is 0 Å². The fraction of sp³-hybridized carbons (Fsp3) is 0.889. The zero-order chi connectivity index (χ0) is 19.7. The van der Waals surface area contributed by atoms with E-state index in [0.717, 1.165) is 0 Å². The summed E-state index contributed by atoms with van der Waals surface area (Å²) in [4.78, 5) is 22.1. The predicted molar refractivity (Wildman–Crippen MR) is 95.7 cm³/mol. The van der Waals surface area contributed by atoms with Crippen LogP contribution >= 0.6 is 0 Å². The maximum atomic E-state index is 11.7. The Bertz CT molecular complexity index is 426. The maximum Gasteiger partial charge on any atom is 0.407 e. The number of ether oxygens (including phenoxy) is 3. The van der Waals surface area contributed by atoms with Gasteiger partial charge in [-0.3, -0.25) is 4.79 Å². The van der Waals surface area contributed by atoms with Crippen LogP contribution in [0.3, 0.4) is 0 Å². The Balaban J connectivity index is 4.06. The van der Waals surface area contributed by atoms with E-state index in [1.165, 1.54) is 0 Å². The fourth-order valence-corrected chi connectivity index (χ4v) is 1.83. The highest BCUT2D eigenvalue weighted by atomic mass is 16.6. The molecule has 0 aromatic rings. The Hall–Kier alpha value is -1.34. The Kier molecular flexibility index (Phi) is 9.43. The lowest BCUT2D eigenvalue weighted by Gasteiger charge is -2.29. The van der Waals surface area contributed by atoms with E-state index >= 15 is 0 Å². The number of hydrogen-bond acceptors (Lipinski definition) is 5. The number of carbonyl (C=O) groups excluding carboxylic acids is 1. The zero-order valence-electron chi connectivity index (χ0n) is 16.7. The summed E-state index contributed by atoms with van der Waals surface area (Å²) in [6.45, 7) is 15.5. The molecule has 148 valence electrons. The van der Waals surface area contributed by atoms with E-state index in [1.54, 1.807) is 0 Å². The van der Waals surface area contributed by atoms with Crippen LogP contribution in [0.4, 0.5) is 4.79 Å². The van der Waals surface area contributed by atoms with Crippen LogP contribution in [-0.4, -0.2) is 55.7 Å². The highest BCUT2D eigenvalue weighted by Crippen LogP contribution is 2.20. The van der Waals surface area contributed by atoms with Gasteiger partial charge < -0.3 is 24.6 Å². The fourth-order valence-electron chi connectivity index (χ4n) is 1.83. The summed E-state index contributed by atoms with van der Waals surface area (Å²) < 4.78 is 16.4. The van der Waals surface area contributed by atoms with Crippen LogP contribution in [0.15, 0.2) is 0 Å². The minimum absolute atomic E-state index is 0.000301. The van der Waals surface area contributed by atoms with E-state index in [9.17, 15) is 9.59 Å². The maximum absolute atomic E-state index is 11.7. The third-order valence-electron chi connectivity index (χ3n) is 3.05. The van der Waals surface area contributed by atoms with Gasteiger partial charge in [0.05, 0.1) is 32.8 Å². The highest BCUT2D eigenvalue weighted by molar-refractivity contribution is 5.67. The van der Waals surface area contributed by atoms with Gasteiger partial charge in [0.15, 0.2) is 0 Å². The van der Waals surface area contributed by atoms with Gasteiger partial charge in [0.1, 0.15) is 5.60 Å². The number of nitrogens with one attached hydrogen (secondary N) is 1. The van der Waals surface area contributed by atoms with E-state index in [1.807, 2.05) is 48.5 Å². The molecule has 0 saturated carbocycles. The summed E-state index contributed by atoms with van der Waals surface area (Å²) >= 11 is 0. The molecular formula is C18H35NO6. The average molecular weight is 361 g/mol. The van der Waals surface area contributed by atoms with Crippen molar-refractivity contribution < 1.29 is 28.9 Å². The molecule has 0 saturated heterocycles. The zero-order valence-corrected chi connectivity index (χ0v) is 16.7. The quantitative estimate of drug-likeness (QED) is 0.549. The summed E-state index contributed by atoms with van der Waals surface area (Å²) in [7, 11) is 0. The van der Waals surface area contributed by atoms with Gasteiger partial charge in [-0.25, -0.2) is 4.79 Å². The SMILES string of the molecule is CC(C)(CNC(=O)OC(C)(C)C)COCC(C)(C)COCCC(=O)O. The first-order valence-corrected chi connectivity index (χ1v) is 8.57. The monoisotopic (exact) mass is 361 g/mol. The van der Waals surface area contributed by atoms with Gasteiger partial charge in [0.25, 0.3) is 0 Å². The second-order valence-electron chi connectivity index (χ2n) is 8.87. The molecule has 7 heteroatoms. The smallest absolute Gasteiger partial charge is 0.407 e. The molecule has 0 rings (SSSR count). The molecule has 0 atom stereocenters. The summed E-state index contributed by atoms with van der Waals surface area (Å²) in [5.41, 5.74) is -0.973. The molecular weight excluding hydrogens is 326 g/mol. The van der Waals surface area contributed by atoms with E-state index in [0.29, 0.717) is 26.4 Å². The minimum Gasteiger partial charge on any atom is -0.481 e. The molecule has 0 aliphatic rings. The molecule has 0 aliphatic heterocycles. The molecule has 0 unspecified atom stereocenters. The van der Waals surface area contributed by atoms with Crippen molar-refractivity contribution in [2.24, 2.45) is 10.8 Å². The molecule has 0 aromatic carbocycles. The predicted octanol–water partition coefficient (Wildman–Crippen LogP) is 3.07. The van der Waals surface area contributed by atoms with E-state index < -0.39 is 17.7 Å². The van der Waals surface area contributed by atoms with Gasteiger partial charge in [-0.1, -0.05) is 27.7 Å². The van der Waals surface area contributed by atoms with Crippen LogP contribution in [0.25, 0.3) is 0 Å². The number of hydrogen-bond donors (Lipinski definition) is 2. The summed E-state index contributed by atoms with van der Waals surface area (Å²) in [5, 5.41) is 11.3. The van der Waals surface area contributed by atoms with Gasteiger partial charge >= 0.3 is 12.1 Å². The van der Waals surface area contributed by atoms with Crippen molar-refractivity contribution >= 4 is 12.1 Å². The molecule has 7 nitrogen and oxygen atoms in total. The number of alkyl carbamates (subject to hydrolysis) is 1. The van der Waals surface area contributed by atoms with Crippen molar-refractivity contribution in [1.82, 2.24) is 5.32 Å². The molecule has 0 fully saturated rings. The largest absolute Gasteiger partial charge is 0.481 e. The minimum atomic E-state index is -0.867. The Morgan fingerprint density at radius 2 is 1.40 bits per heavy atom. The highest BCUT2D eigenvalue weighted by Gasteiger charge is 2.24. The lowest BCUT2D eigenvalue weighted by molar-refractivity contribution is -0.138. The van der Waals surface area contributed by atoms with Crippen molar-refractivity contribution in [3.8, 4) is 0 Å². The summed E-state index contributed by atoms with van der Waals surface area (Å²) in [6.07, 6.45) is -0.437. The van der Waals surface area contributed by atoms with Crippen LogP contribution in [0.1, 0.15) is 54.9 Å². The van der Waals surface area contributed by atoms with Crippen LogP contribution in [0.5, 0.6) is 0 Å². The van der Waals surface area contributed by atoms with Crippen LogP contribution in [-0.2, 0) is 19.0 Å². The molecule has 1 amide bonds. The van der Waals surface area contributed by atoms with Crippen molar-refractivity contribution in [2.75, 3.05) is 33.0 Å². The first-order chi connectivity index (χ1) is 11.2. The Morgan fingerprint density at radius 1 is 0.880 bits per heavy atom. The van der Waals surface area contributed by atoms with Crippen LogP contribution < -0.4 is 5.32 Å². The summed E-state index contributed by atoms with van der Waals surface area (Å²) in [5.74, 6) is -0.867. The number of amides is 1. The number of rotatable bonds is 11. The Labute approximate surface area is 151 Å². The number of carboxylic acid groups (broad SMARTS) is 1. The summed E-state index contributed by atoms with van der Waals surface area (Å²) in [6, 6.07) is 0. The Morgan fingerprint density at radius 3 is 1.92 bits per heavy atom. The first-order valence-electron chi connectivity index (χ1n) is 8.57. The van der Waals surface area contributed by atoms with Crippen LogP contribution in [0, 0.1) is 10.8 Å². The molecule has 0 spiro atoms. The van der Waals surface area contributed by atoms with Gasteiger partial charge in [0.2, 0.25) is 0 Å². The van der Waals surface area contributed by atoms with Crippen molar-refractivity contribution in [2.45, 2.75) is 60.5 Å². The molecule has 25 heavy (non-hydrogen) atoms. The molecule has 0 bridgehead atoms. The second kappa shape index (κ2) is 9.97.